The van der Waals surface area contributed by atoms with E-state index in [9.17, 15) is 0 Å². The van der Waals surface area contributed by atoms with E-state index in [0.29, 0.717) is 5.82 Å². The summed E-state index contributed by atoms with van der Waals surface area (Å²) in [6.45, 7) is 0. The van der Waals surface area contributed by atoms with E-state index >= 15 is 0 Å². The Morgan fingerprint density at radius 1 is 1.35 bits per heavy atom. The lowest BCUT2D eigenvalue weighted by Crippen LogP contribution is -1.98. The predicted molar refractivity (Wildman–Crippen MR) is 69.2 cm³/mol. The maximum atomic E-state index is 8.97. The van der Waals surface area contributed by atoms with Crippen LogP contribution in [0.2, 0.25) is 5.15 Å². The van der Waals surface area contributed by atoms with Crippen molar-refractivity contribution in [3.63, 3.8) is 0 Å². The lowest BCUT2D eigenvalue weighted by Gasteiger charge is -2.07. The molecule has 1 aromatic carbocycles. The third kappa shape index (κ3) is 2.73. The van der Waals surface area contributed by atoms with E-state index in [0.717, 1.165) is 10.2 Å². The molecule has 1 aromatic heterocycles. The fraction of sp³-hybridized carbons (Fsp3) is 0. The molecule has 1 heterocycles. The van der Waals surface area contributed by atoms with Crippen LogP contribution in [0.4, 0.5) is 11.5 Å². The van der Waals surface area contributed by atoms with Gasteiger partial charge in [0.25, 0.3) is 0 Å². The van der Waals surface area contributed by atoms with E-state index in [1.807, 2.05) is 30.3 Å². The lowest BCUT2D eigenvalue weighted by molar-refractivity contribution is 1.15. The van der Waals surface area contributed by atoms with Gasteiger partial charge in [0.2, 0.25) is 0 Å². The van der Waals surface area contributed by atoms with Crippen molar-refractivity contribution in [3.8, 4) is 6.07 Å². The first kappa shape index (κ1) is 11.8. The zero-order valence-electron chi connectivity index (χ0n) is 8.48. The largest absolute Gasteiger partial charge is 0.339 e. The third-order valence-electron chi connectivity index (χ3n) is 2.00. The number of anilines is 2. The molecule has 0 bridgehead atoms. The highest BCUT2D eigenvalue weighted by Gasteiger charge is 2.09. The smallest absolute Gasteiger partial charge is 0.153 e. The van der Waals surface area contributed by atoms with Gasteiger partial charge in [0.05, 0.1) is 0 Å². The van der Waals surface area contributed by atoms with E-state index in [1.165, 1.54) is 6.33 Å². The van der Waals surface area contributed by atoms with Crippen molar-refractivity contribution in [2.75, 3.05) is 5.32 Å². The molecule has 0 aliphatic heterocycles. The summed E-state index contributed by atoms with van der Waals surface area (Å²) < 4.78 is 0.932. The molecule has 0 aliphatic rings. The minimum atomic E-state index is 0.139. The Morgan fingerprint density at radius 3 is 2.88 bits per heavy atom. The molecule has 0 spiro atoms. The zero-order chi connectivity index (χ0) is 12.3. The summed E-state index contributed by atoms with van der Waals surface area (Å²) in [5, 5.41) is 12.1. The number of halogens is 2. The van der Waals surface area contributed by atoms with Gasteiger partial charge in [-0.2, -0.15) is 5.26 Å². The molecular weight excluding hydrogens is 304 g/mol. The van der Waals surface area contributed by atoms with Crippen LogP contribution in [-0.2, 0) is 0 Å². The Labute approximate surface area is 111 Å². The number of rotatable bonds is 2. The van der Waals surface area contributed by atoms with Crippen molar-refractivity contribution in [3.05, 3.63) is 45.8 Å². The maximum absolute atomic E-state index is 8.97. The lowest BCUT2D eigenvalue weighted by atomic mass is 10.3. The molecule has 0 saturated heterocycles. The first-order valence-electron chi connectivity index (χ1n) is 4.64. The van der Waals surface area contributed by atoms with E-state index in [1.54, 1.807) is 0 Å². The van der Waals surface area contributed by atoms with Crippen LogP contribution in [0.25, 0.3) is 0 Å². The molecule has 84 valence electrons. The van der Waals surface area contributed by atoms with Crippen molar-refractivity contribution in [2.45, 2.75) is 0 Å². The van der Waals surface area contributed by atoms with Gasteiger partial charge in [-0.3, -0.25) is 0 Å². The molecule has 4 nitrogen and oxygen atoms in total. The summed E-state index contributed by atoms with van der Waals surface area (Å²) >= 11 is 9.17. The van der Waals surface area contributed by atoms with Gasteiger partial charge in [-0.15, -0.1) is 0 Å². The zero-order valence-corrected chi connectivity index (χ0v) is 10.8. The van der Waals surface area contributed by atoms with Crippen LogP contribution in [-0.4, -0.2) is 9.97 Å². The average molecular weight is 310 g/mol. The Kier molecular flexibility index (Phi) is 3.57. The van der Waals surface area contributed by atoms with Gasteiger partial charge in [-0.05, 0) is 18.2 Å². The van der Waals surface area contributed by atoms with Gasteiger partial charge < -0.3 is 5.32 Å². The molecule has 1 N–H and O–H groups in total. The summed E-state index contributed by atoms with van der Waals surface area (Å²) in [5.41, 5.74) is 1.04. The van der Waals surface area contributed by atoms with Crippen molar-refractivity contribution >= 4 is 39.0 Å². The fourth-order valence-electron chi connectivity index (χ4n) is 1.26. The molecular formula is C11H6BrClN4. The van der Waals surface area contributed by atoms with Gasteiger partial charge in [0.1, 0.15) is 18.0 Å². The highest BCUT2D eigenvalue weighted by molar-refractivity contribution is 9.10. The normalized spacial score (nSPS) is 9.71. The fourth-order valence-corrected chi connectivity index (χ4v) is 1.84. The van der Waals surface area contributed by atoms with Crippen LogP contribution >= 0.6 is 27.5 Å². The van der Waals surface area contributed by atoms with E-state index in [-0.39, 0.29) is 10.7 Å². The molecule has 2 rings (SSSR count). The maximum Gasteiger partial charge on any atom is 0.153 e. The molecule has 0 radical (unpaired) electrons. The first-order valence-corrected chi connectivity index (χ1v) is 5.81. The number of nitrogens with zero attached hydrogens (tertiary/aromatic N) is 3. The SMILES string of the molecule is N#Cc1c(Cl)ncnc1Nc1cccc(Br)c1. The van der Waals surface area contributed by atoms with Crippen molar-refractivity contribution in [2.24, 2.45) is 0 Å². The van der Waals surface area contributed by atoms with Crippen LogP contribution in [0.5, 0.6) is 0 Å². The predicted octanol–water partition coefficient (Wildman–Crippen LogP) is 3.51. The van der Waals surface area contributed by atoms with Gasteiger partial charge >= 0.3 is 0 Å². The van der Waals surface area contributed by atoms with Crippen molar-refractivity contribution in [1.82, 2.24) is 9.97 Å². The molecule has 0 unspecified atom stereocenters. The Bertz CT molecular complexity index is 594. The molecule has 2 aromatic rings. The summed E-state index contributed by atoms with van der Waals surface area (Å²) in [6, 6.07) is 9.49. The van der Waals surface area contributed by atoms with Crippen molar-refractivity contribution in [1.29, 1.82) is 5.26 Å². The Balaban J connectivity index is 2.37. The number of nitriles is 1. The van der Waals surface area contributed by atoms with Gasteiger partial charge in [0.15, 0.2) is 11.0 Å². The standard InChI is InChI=1S/C11H6BrClN4/c12-7-2-1-3-8(4-7)17-11-9(5-14)10(13)15-6-16-11/h1-4,6H,(H,15,16,17). The quantitative estimate of drug-likeness (QED) is 0.862. The highest BCUT2D eigenvalue weighted by Crippen LogP contribution is 2.23. The molecule has 0 atom stereocenters. The summed E-state index contributed by atoms with van der Waals surface area (Å²) in [5.74, 6) is 0.394. The molecule has 0 aliphatic carbocycles. The summed E-state index contributed by atoms with van der Waals surface area (Å²) in [4.78, 5) is 7.74. The average Bonchev–Trinajstić information content (AvgIpc) is 2.29. The van der Waals surface area contributed by atoms with E-state index < -0.39 is 0 Å². The number of nitrogens with one attached hydrogen (secondary N) is 1. The monoisotopic (exact) mass is 308 g/mol. The summed E-state index contributed by atoms with van der Waals surface area (Å²) in [7, 11) is 0. The number of benzene rings is 1. The number of aromatic nitrogens is 2. The summed E-state index contributed by atoms with van der Waals surface area (Å²) in [6.07, 6.45) is 1.31. The Morgan fingerprint density at radius 2 is 2.18 bits per heavy atom. The van der Waals surface area contributed by atoms with Crippen LogP contribution in [0.1, 0.15) is 5.56 Å². The molecule has 0 saturated carbocycles. The molecule has 0 amide bonds. The second-order valence-corrected chi connectivity index (χ2v) is 4.41. The second kappa shape index (κ2) is 5.13. The second-order valence-electron chi connectivity index (χ2n) is 3.14. The van der Waals surface area contributed by atoms with Crippen molar-refractivity contribution < 1.29 is 0 Å². The highest BCUT2D eigenvalue weighted by atomic mass is 79.9. The number of hydrogen-bond acceptors (Lipinski definition) is 4. The van der Waals surface area contributed by atoms with Crippen LogP contribution in [0.15, 0.2) is 35.1 Å². The molecule has 6 heteroatoms. The molecule has 0 fully saturated rings. The topological polar surface area (TPSA) is 61.6 Å². The Hall–Kier alpha value is -1.64. The van der Waals surface area contributed by atoms with Gasteiger partial charge in [-0.1, -0.05) is 33.6 Å². The van der Waals surface area contributed by atoms with Crippen LogP contribution in [0, 0.1) is 11.3 Å². The minimum Gasteiger partial charge on any atom is -0.339 e. The van der Waals surface area contributed by atoms with E-state index in [4.69, 9.17) is 16.9 Å². The third-order valence-corrected chi connectivity index (χ3v) is 2.78. The van der Waals surface area contributed by atoms with Crippen LogP contribution < -0.4 is 5.32 Å². The minimum absolute atomic E-state index is 0.139. The molecule has 17 heavy (non-hydrogen) atoms. The first-order chi connectivity index (χ1) is 8.20. The van der Waals surface area contributed by atoms with Gasteiger partial charge in [-0.25, -0.2) is 9.97 Å². The van der Waals surface area contributed by atoms with E-state index in [2.05, 4.69) is 31.2 Å². The van der Waals surface area contributed by atoms with Crippen LogP contribution in [0.3, 0.4) is 0 Å². The number of hydrogen-bond donors (Lipinski definition) is 1. The van der Waals surface area contributed by atoms with Gasteiger partial charge in [0, 0.05) is 10.2 Å².